The van der Waals surface area contributed by atoms with Crippen LogP contribution in [0, 0.1) is 0 Å². The fourth-order valence-corrected chi connectivity index (χ4v) is 3.83. The molecule has 1 aliphatic rings. The zero-order valence-electron chi connectivity index (χ0n) is 17.6. The van der Waals surface area contributed by atoms with Gasteiger partial charge >= 0.3 is 0 Å². The highest BCUT2D eigenvalue weighted by molar-refractivity contribution is 6.22. The van der Waals surface area contributed by atoms with Crippen LogP contribution in [0.5, 0.6) is 0 Å². The molecule has 0 aromatic heterocycles. The minimum absolute atomic E-state index is 0.145. The van der Waals surface area contributed by atoms with Crippen LogP contribution in [0.4, 0.5) is 0 Å². The van der Waals surface area contributed by atoms with Gasteiger partial charge in [-0.1, -0.05) is 54.6 Å². The van der Waals surface area contributed by atoms with Crippen LogP contribution < -0.4 is 0 Å². The van der Waals surface area contributed by atoms with E-state index in [4.69, 9.17) is 4.74 Å². The maximum Gasteiger partial charge on any atom is 0.262 e. The summed E-state index contributed by atoms with van der Waals surface area (Å²) in [5.41, 5.74) is 1.49. The zero-order chi connectivity index (χ0) is 22.4. The average Bonchev–Trinajstić information content (AvgIpc) is 3.05. The highest BCUT2D eigenvalue weighted by Crippen LogP contribution is 2.29. The second-order valence-corrected chi connectivity index (χ2v) is 7.18. The van der Waals surface area contributed by atoms with Crippen molar-refractivity contribution in [2.45, 2.75) is 18.5 Å². The number of hydrogen-bond donors (Lipinski definition) is 0. The number of amides is 3. The van der Waals surface area contributed by atoms with Crippen LogP contribution in [0.2, 0.25) is 0 Å². The third kappa shape index (κ3) is 4.34. The molecule has 0 N–H and O–H groups in total. The van der Waals surface area contributed by atoms with Crippen molar-refractivity contribution < 1.29 is 19.1 Å². The molecular weight excluding hydrogens is 392 g/mol. The molecule has 2 aromatic rings. The minimum atomic E-state index is -1.01. The van der Waals surface area contributed by atoms with Gasteiger partial charge in [-0.15, -0.1) is 13.2 Å². The predicted octanol–water partition coefficient (Wildman–Crippen LogP) is 3.63. The fourth-order valence-electron chi connectivity index (χ4n) is 3.83. The Labute approximate surface area is 182 Å². The molecule has 3 amide bonds. The molecule has 2 atom stereocenters. The normalized spacial score (nSPS) is 14.7. The summed E-state index contributed by atoms with van der Waals surface area (Å²) in [5.74, 6) is -1.30. The van der Waals surface area contributed by atoms with Gasteiger partial charge in [0.25, 0.3) is 11.8 Å². The molecule has 0 saturated carbocycles. The van der Waals surface area contributed by atoms with E-state index in [1.165, 1.54) is 0 Å². The molecule has 2 aromatic carbocycles. The molecule has 0 saturated heterocycles. The van der Waals surface area contributed by atoms with Crippen LogP contribution >= 0.6 is 0 Å². The van der Waals surface area contributed by atoms with Gasteiger partial charge in [-0.3, -0.25) is 19.3 Å². The second-order valence-electron chi connectivity index (χ2n) is 7.18. The molecule has 6 heteroatoms. The number of ether oxygens (including phenoxy) is 1. The van der Waals surface area contributed by atoms with Gasteiger partial charge in [-0.05, 0) is 24.1 Å². The predicted molar refractivity (Wildman–Crippen MR) is 119 cm³/mol. The van der Waals surface area contributed by atoms with Gasteiger partial charge < -0.3 is 9.64 Å². The van der Waals surface area contributed by atoms with Crippen LogP contribution in [0.15, 0.2) is 79.9 Å². The lowest BCUT2D eigenvalue weighted by Crippen LogP contribution is -2.52. The lowest BCUT2D eigenvalue weighted by atomic mass is 10.0. The molecule has 0 spiro atoms. The summed E-state index contributed by atoms with van der Waals surface area (Å²) in [5, 5.41) is 0. The topological polar surface area (TPSA) is 66.9 Å². The van der Waals surface area contributed by atoms with E-state index in [0.717, 1.165) is 10.5 Å². The van der Waals surface area contributed by atoms with Crippen LogP contribution in [-0.2, 0) is 9.53 Å². The Morgan fingerprint density at radius 1 is 1.03 bits per heavy atom. The Balaban J connectivity index is 1.99. The SMILES string of the molecule is C=CCC(C(=O)N(CCOC)[C@@H](C=C)c1ccccc1)N1C(=O)c2ccccc2C1=O. The van der Waals surface area contributed by atoms with Gasteiger partial charge in [0.2, 0.25) is 5.91 Å². The average molecular weight is 418 g/mol. The number of methoxy groups -OCH3 is 1. The maximum atomic E-state index is 13.8. The molecule has 0 aliphatic carbocycles. The van der Waals surface area contributed by atoms with Gasteiger partial charge in [-0.25, -0.2) is 0 Å². The quantitative estimate of drug-likeness (QED) is 0.437. The molecule has 31 heavy (non-hydrogen) atoms. The molecule has 6 nitrogen and oxygen atoms in total. The van der Waals surface area contributed by atoms with Crippen molar-refractivity contribution >= 4 is 17.7 Å². The van der Waals surface area contributed by atoms with E-state index in [0.29, 0.717) is 17.7 Å². The van der Waals surface area contributed by atoms with Crippen molar-refractivity contribution in [2.24, 2.45) is 0 Å². The number of fused-ring (bicyclic) bond motifs is 1. The summed E-state index contributed by atoms with van der Waals surface area (Å²) in [6, 6.07) is 14.6. The van der Waals surface area contributed by atoms with Crippen LogP contribution in [0.3, 0.4) is 0 Å². The van der Waals surface area contributed by atoms with Crippen molar-refractivity contribution in [1.82, 2.24) is 9.80 Å². The fraction of sp³-hybridized carbons (Fsp3) is 0.240. The molecule has 0 bridgehead atoms. The minimum Gasteiger partial charge on any atom is -0.383 e. The summed E-state index contributed by atoms with van der Waals surface area (Å²) in [7, 11) is 1.56. The Morgan fingerprint density at radius 2 is 1.61 bits per heavy atom. The Morgan fingerprint density at radius 3 is 2.13 bits per heavy atom. The van der Waals surface area contributed by atoms with Crippen molar-refractivity contribution in [1.29, 1.82) is 0 Å². The summed E-state index contributed by atoms with van der Waals surface area (Å²) < 4.78 is 5.22. The number of hydrogen-bond acceptors (Lipinski definition) is 4. The summed E-state index contributed by atoms with van der Waals surface area (Å²) in [6.45, 7) is 8.22. The number of rotatable bonds is 10. The van der Waals surface area contributed by atoms with E-state index in [1.807, 2.05) is 30.3 Å². The van der Waals surface area contributed by atoms with E-state index >= 15 is 0 Å². The smallest absolute Gasteiger partial charge is 0.262 e. The summed E-state index contributed by atoms with van der Waals surface area (Å²) in [6.07, 6.45) is 3.37. The lowest BCUT2D eigenvalue weighted by Gasteiger charge is -2.35. The largest absolute Gasteiger partial charge is 0.383 e. The van der Waals surface area contributed by atoms with E-state index in [9.17, 15) is 14.4 Å². The molecule has 160 valence electrons. The molecule has 0 radical (unpaired) electrons. The summed E-state index contributed by atoms with van der Waals surface area (Å²) in [4.78, 5) is 42.5. The first-order valence-corrected chi connectivity index (χ1v) is 10.1. The van der Waals surface area contributed by atoms with Crippen LogP contribution in [-0.4, -0.2) is 53.8 Å². The number of carbonyl (C=O) groups excluding carboxylic acids is 3. The Hall–Kier alpha value is -3.51. The second kappa shape index (κ2) is 10.00. The van der Waals surface area contributed by atoms with Crippen LogP contribution in [0.1, 0.15) is 38.7 Å². The van der Waals surface area contributed by atoms with Gasteiger partial charge in [0.1, 0.15) is 6.04 Å². The van der Waals surface area contributed by atoms with Crippen molar-refractivity contribution in [3.63, 3.8) is 0 Å². The molecule has 1 heterocycles. The molecule has 3 rings (SSSR count). The standard InChI is InChI=1S/C25H26N2O4/c1-4-11-22(27-23(28)19-14-9-10-15-20(19)24(27)29)25(30)26(16-17-31-3)21(5-2)18-12-7-6-8-13-18/h4-10,12-15,21-22H,1-2,11,16-17H2,3H3/t21-,22?/m0/s1. The monoisotopic (exact) mass is 418 g/mol. The zero-order valence-corrected chi connectivity index (χ0v) is 17.6. The van der Waals surface area contributed by atoms with Gasteiger partial charge in [0.15, 0.2) is 0 Å². The molecule has 1 unspecified atom stereocenters. The first-order chi connectivity index (χ1) is 15.0. The Bertz CT molecular complexity index is 951. The Kier molecular flexibility index (Phi) is 7.15. The molecule has 0 fully saturated rings. The van der Waals surface area contributed by atoms with Gasteiger partial charge in [-0.2, -0.15) is 0 Å². The van der Waals surface area contributed by atoms with E-state index < -0.39 is 23.9 Å². The van der Waals surface area contributed by atoms with Crippen molar-refractivity contribution in [3.05, 3.63) is 96.6 Å². The van der Waals surface area contributed by atoms with E-state index in [2.05, 4.69) is 13.2 Å². The van der Waals surface area contributed by atoms with Crippen LogP contribution in [0.25, 0.3) is 0 Å². The highest BCUT2D eigenvalue weighted by atomic mass is 16.5. The number of nitrogens with zero attached hydrogens (tertiary/aromatic N) is 2. The van der Waals surface area contributed by atoms with Crippen molar-refractivity contribution in [2.75, 3.05) is 20.3 Å². The first-order valence-electron chi connectivity index (χ1n) is 10.1. The third-order valence-corrected chi connectivity index (χ3v) is 5.33. The number of carbonyl (C=O) groups is 3. The highest BCUT2D eigenvalue weighted by Gasteiger charge is 2.44. The maximum absolute atomic E-state index is 13.8. The van der Waals surface area contributed by atoms with E-state index in [1.54, 1.807) is 48.4 Å². The lowest BCUT2D eigenvalue weighted by molar-refractivity contribution is -0.137. The summed E-state index contributed by atoms with van der Waals surface area (Å²) >= 11 is 0. The molecular formula is C25H26N2O4. The van der Waals surface area contributed by atoms with E-state index in [-0.39, 0.29) is 18.9 Å². The first kappa shape index (κ1) is 22.2. The number of imide groups is 1. The van der Waals surface area contributed by atoms with Gasteiger partial charge in [0.05, 0.1) is 23.8 Å². The third-order valence-electron chi connectivity index (χ3n) is 5.33. The van der Waals surface area contributed by atoms with Crippen molar-refractivity contribution in [3.8, 4) is 0 Å². The van der Waals surface area contributed by atoms with Gasteiger partial charge in [0, 0.05) is 13.7 Å². The molecule has 1 aliphatic heterocycles. The number of benzene rings is 2.